The van der Waals surface area contributed by atoms with Crippen LogP contribution in [0.5, 0.6) is 0 Å². The number of rotatable bonds is 5. The number of carbonyl (C=O) groups excluding carboxylic acids is 2. The Morgan fingerprint density at radius 1 is 1.09 bits per heavy atom. The van der Waals surface area contributed by atoms with Crippen molar-refractivity contribution < 1.29 is 18.0 Å². The highest BCUT2D eigenvalue weighted by molar-refractivity contribution is 7.99. The van der Waals surface area contributed by atoms with Gasteiger partial charge in [-0.15, -0.1) is 11.8 Å². The fourth-order valence-corrected chi connectivity index (χ4v) is 6.66. The first-order valence-corrected chi connectivity index (χ1v) is 13.5. The second-order valence-corrected chi connectivity index (χ2v) is 11.7. The van der Waals surface area contributed by atoms with E-state index in [1.807, 2.05) is 39.0 Å². The quantitative estimate of drug-likeness (QED) is 0.693. The van der Waals surface area contributed by atoms with E-state index in [1.54, 1.807) is 18.2 Å². The molecule has 1 atom stereocenters. The van der Waals surface area contributed by atoms with Crippen molar-refractivity contribution in [2.75, 3.05) is 35.6 Å². The highest BCUT2D eigenvalue weighted by Gasteiger charge is 2.33. The molecular weight excluding hydrogens is 458 g/mol. The first-order valence-electron chi connectivity index (χ1n) is 11.1. The van der Waals surface area contributed by atoms with Gasteiger partial charge in [0.1, 0.15) is 6.54 Å². The minimum Gasteiger partial charge on any atom is -0.325 e. The molecule has 2 amide bonds. The SMILES string of the molecule is Cc1ccc(NC(=O)CN2C(=O)C(C)CSc3ccc(S(=O)(=O)N4CCCC4)cc32)cc1C. The summed E-state index contributed by atoms with van der Waals surface area (Å²) in [6.07, 6.45) is 1.70. The fraction of sp³-hybridized carbons (Fsp3) is 0.417. The maximum absolute atomic E-state index is 13.2. The number of sulfonamides is 1. The normalized spacial score (nSPS) is 19.3. The molecule has 2 aliphatic heterocycles. The summed E-state index contributed by atoms with van der Waals surface area (Å²) in [5, 5.41) is 2.87. The van der Waals surface area contributed by atoms with Crippen molar-refractivity contribution in [3.63, 3.8) is 0 Å². The van der Waals surface area contributed by atoms with E-state index < -0.39 is 10.0 Å². The van der Waals surface area contributed by atoms with Crippen LogP contribution in [0, 0.1) is 19.8 Å². The number of nitrogens with one attached hydrogen (secondary N) is 1. The zero-order valence-electron chi connectivity index (χ0n) is 19.1. The van der Waals surface area contributed by atoms with Crippen LogP contribution in [-0.2, 0) is 19.6 Å². The molecule has 0 aromatic heterocycles. The third-order valence-electron chi connectivity index (χ3n) is 6.19. The van der Waals surface area contributed by atoms with Crippen molar-refractivity contribution in [3.05, 3.63) is 47.5 Å². The molecule has 0 radical (unpaired) electrons. The third kappa shape index (κ3) is 4.95. The maximum Gasteiger partial charge on any atom is 0.244 e. The molecule has 1 saturated heterocycles. The van der Waals surface area contributed by atoms with Crippen molar-refractivity contribution in [1.29, 1.82) is 0 Å². The van der Waals surface area contributed by atoms with Crippen LogP contribution in [0.3, 0.4) is 0 Å². The topological polar surface area (TPSA) is 86.8 Å². The van der Waals surface area contributed by atoms with Gasteiger partial charge in [-0.25, -0.2) is 8.42 Å². The number of anilines is 2. The molecular formula is C24H29N3O4S2. The Labute approximate surface area is 199 Å². The number of hydrogen-bond acceptors (Lipinski definition) is 5. The molecule has 0 aliphatic carbocycles. The number of nitrogens with zero attached hydrogens (tertiary/aromatic N) is 2. The number of hydrogen-bond donors (Lipinski definition) is 1. The summed E-state index contributed by atoms with van der Waals surface area (Å²) in [6.45, 7) is 6.63. The minimum absolute atomic E-state index is 0.158. The summed E-state index contributed by atoms with van der Waals surface area (Å²) in [6, 6.07) is 10.6. The van der Waals surface area contributed by atoms with E-state index in [1.165, 1.54) is 21.0 Å². The van der Waals surface area contributed by atoms with Gasteiger partial charge in [0.15, 0.2) is 0 Å². The minimum atomic E-state index is -3.64. The zero-order chi connectivity index (χ0) is 23.8. The molecule has 0 saturated carbocycles. The number of carbonyl (C=O) groups is 2. The molecule has 4 rings (SSSR count). The average molecular weight is 488 g/mol. The highest BCUT2D eigenvalue weighted by atomic mass is 32.2. The molecule has 1 fully saturated rings. The predicted molar refractivity (Wildman–Crippen MR) is 131 cm³/mol. The average Bonchev–Trinajstić information content (AvgIpc) is 3.30. The molecule has 0 bridgehead atoms. The molecule has 176 valence electrons. The van der Waals surface area contributed by atoms with Crippen molar-refractivity contribution >= 4 is 45.0 Å². The first kappa shape index (κ1) is 23.8. The van der Waals surface area contributed by atoms with Crippen LogP contribution in [0.2, 0.25) is 0 Å². The molecule has 2 aromatic rings. The van der Waals surface area contributed by atoms with Crippen molar-refractivity contribution in [1.82, 2.24) is 4.31 Å². The number of benzene rings is 2. The molecule has 9 heteroatoms. The van der Waals surface area contributed by atoms with Crippen LogP contribution in [0.15, 0.2) is 46.2 Å². The van der Waals surface area contributed by atoms with Crippen molar-refractivity contribution in [3.8, 4) is 0 Å². The molecule has 2 heterocycles. The van der Waals surface area contributed by atoms with Crippen LogP contribution in [0.4, 0.5) is 11.4 Å². The third-order valence-corrected chi connectivity index (χ3v) is 9.41. The standard InChI is InChI=1S/C24H29N3O4S2/c1-16-6-7-19(12-17(16)2)25-23(28)14-27-21-13-20(33(30,31)26-10-4-5-11-26)8-9-22(21)32-15-18(3)24(27)29/h6-9,12-13,18H,4-5,10-11,14-15H2,1-3H3,(H,25,28). The number of aryl methyl sites for hydroxylation is 2. The number of thioether (sulfide) groups is 1. The van der Waals surface area contributed by atoms with E-state index in [9.17, 15) is 18.0 Å². The van der Waals surface area contributed by atoms with E-state index in [-0.39, 0.29) is 29.2 Å². The Bertz CT molecular complexity index is 1190. The van der Waals surface area contributed by atoms with Gasteiger partial charge in [-0.3, -0.25) is 9.59 Å². The van der Waals surface area contributed by atoms with E-state index in [0.29, 0.717) is 30.2 Å². The number of fused-ring (bicyclic) bond motifs is 1. The Morgan fingerprint density at radius 3 is 2.52 bits per heavy atom. The van der Waals surface area contributed by atoms with Gasteiger partial charge in [-0.05, 0) is 68.1 Å². The zero-order valence-corrected chi connectivity index (χ0v) is 20.8. The monoisotopic (exact) mass is 487 g/mol. The summed E-state index contributed by atoms with van der Waals surface area (Å²) in [5.74, 6) is -0.244. The molecule has 1 unspecified atom stereocenters. The Kier molecular flexibility index (Phi) is 6.83. The molecule has 2 aromatic carbocycles. The van der Waals surface area contributed by atoms with Gasteiger partial charge in [-0.2, -0.15) is 4.31 Å². The van der Waals surface area contributed by atoms with Crippen LogP contribution < -0.4 is 10.2 Å². The maximum atomic E-state index is 13.2. The molecule has 7 nitrogen and oxygen atoms in total. The van der Waals surface area contributed by atoms with Gasteiger partial charge in [0.2, 0.25) is 21.8 Å². The summed E-state index contributed by atoms with van der Waals surface area (Å²) < 4.78 is 27.7. The lowest BCUT2D eigenvalue weighted by Crippen LogP contribution is -2.41. The van der Waals surface area contributed by atoms with Crippen molar-refractivity contribution in [2.45, 2.75) is 43.4 Å². The van der Waals surface area contributed by atoms with Crippen LogP contribution in [0.1, 0.15) is 30.9 Å². The molecule has 0 spiro atoms. The number of amides is 2. The lowest BCUT2D eigenvalue weighted by Gasteiger charge is -2.25. The predicted octanol–water partition coefficient (Wildman–Crippen LogP) is 3.80. The molecule has 1 N–H and O–H groups in total. The largest absolute Gasteiger partial charge is 0.325 e. The van der Waals surface area contributed by atoms with Gasteiger partial charge in [-0.1, -0.05) is 13.0 Å². The Hall–Kier alpha value is -2.36. The highest BCUT2D eigenvalue weighted by Crippen LogP contribution is 2.38. The van der Waals surface area contributed by atoms with Crippen LogP contribution in [-0.4, -0.2) is 49.9 Å². The first-order chi connectivity index (χ1) is 15.7. The van der Waals surface area contributed by atoms with E-state index in [4.69, 9.17) is 0 Å². The van der Waals surface area contributed by atoms with Gasteiger partial charge >= 0.3 is 0 Å². The molecule has 33 heavy (non-hydrogen) atoms. The summed E-state index contributed by atoms with van der Waals surface area (Å²) in [7, 11) is -3.64. The van der Waals surface area contributed by atoms with Crippen molar-refractivity contribution in [2.24, 2.45) is 5.92 Å². The fourth-order valence-electron chi connectivity index (χ4n) is 4.07. The lowest BCUT2D eigenvalue weighted by molar-refractivity contribution is -0.123. The molecule has 2 aliphatic rings. The summed E-state index contributed by atoms with van der Waals surface area (Å²) in [5.41, 5.74) is 3.33. The smallest absolute Gasteiger partial charge is 0.244 e. The van der Waals surface area contributed by atoms with Crippen LogP contribution >= 0.6 is 11.8 Å². The van der Waals surface area contributed by atoms with Gasteiger partial charge in [0.05, 0.1) is 10.6 Å². The second kappa shape index (κ2) is 9.48. The van der Waals surface area contributed by atoms with Crippen LogP contribution in [0.25, 0.3) is 0 Å². The lowest BCUT2D eigenvalue weighted by atomic mass is 10.1. The Morgan fingerprint density at radius 2 is 1.82 bits per heavy atom. The summed E-state index contributed by atoms with van der Waals surface area (Å²) in [4.78, 5) is 28.5. The summed E-state index contributed by atoms with van der Waals surface area (Å²) >= 11 is 1.51. The van der Waals surface area contributed by atoms with Gasteiger partial charge in [0.25, 0.3) is 0 Å². The van der Waals surface area contributed by atoms with Gasteiger partial charge < -0.3 is 10.2 Å². The van der Waals surface area contributed by atoms with E-state index in [0.717, 1.165) is 28.9 Å². The Balaban J connectivity index is 1.64. The second-order valence-electron chi connectivity index (χ2n) is 8.72. The van der Waals surface area contributed by atoms with E-state index >= 15 is 0 Å². The van der Waals surface area contributed by atoms with E-state index in [2.05, 4.69) is 5.32 Å². The van der Waals surface area contributed by atoms with Gasteiger partial charge in [0, 0.05) is 35.3 Å².